The highest BCUT2D eigenvalue weighted by Crippen LogP contribution is 2.28. The topological polar surface area (TPSA) is 70.9 Å². The fraction of sp³-hybridized carbons (Fsp3) is 0.583. The van der Waals surface area contributed by atoms with E-state index in [1.54, 1.807) is 6.33 Å². The molecule has 2 heterocycles. The molecule has 3 rings (SSSR count). The Labute approximate surface area is 109 Å². The lowest BCUT2D eigenvalue weighted by atomic mass is 9.93. The molecule has 1 fully saturated rings. The van der Waals surface area contributed by atoms with E-state index in [0.29, 0.717) is 6.04 Å². The van der Waals surface area contributed by atoms with E-state index in [9.17, 15) is 5.11 Å². The summed E-state index contributed by atoms with van der Waals surface area (Å²) in [5.74, 6) is 0.882. The molecule has 0 saturated heterocycles. The van der Waals surface area contributed by atoms with Gasteiger partial charge in [0.1, 0.15) is 17.0 Å². The van der Waals surface area contributed by atoms with Crippen molar-refractivity contribution in [2.24, 2.45) is 0 Å². The zero-order chi connectivity index (χ0) is 12.5. The summed E-state index contributed by atoms with van der Waals surface area (Å²) in [6, 6.07) is 0.394. The zero-order valence-electron chi connectivity index (χ0n) is 10.3. The Morgan fingerprint density at radius 2 is 2.06 bits per heavy atom. The first kappa shape index (κ1) is 11.8. The van der Waals surface area contributed by atoms with Gasteiger partial charge in [-0.3, -0.25) is 0 Å². The molecule has 0 spiro atoms. The van der Waals surface area contributed by atoms with Gasteiger partial charge >= 0.3 is 0 Å². The van der Waals surface area contributed by atoms with Crippen LogP contribution in [0.2, 0.25) is 0 Å². The van der Waals surface area contributed by atoms with E-state index in [2.05, 4.69) is 19.7 Å². The number of nitrogens with zero attached hydrogens (tertiary/aromatic N) is 3. The monoisotopic (exact) mass is 264 g/mol. The molecule has 0 amide bonds. The second-order valence-electron chi connectivity index (χ2n) is 4.82. The molecule has 0 radical (unpaired) electrons. The van der Waals surface area contributed by atoms with E-state index < -0.39 is 0 Å². The highest BCUT2D eigenvalue weighted by atomic mass is 32.1. The van der Waals surface area contributed by atoms with Crippen LogP contribution in [0.15, 0.2) is 6.33 Å². The summed E-state index contributed by atoms with van der Waals surface area (Å²) in [7, 11) is 0. The molecule has 2 aromatic heterocycles. The van der Waals surface area contributed by atoms with Gasteiger partial charge in [0.2, 0.25) is 0 Å². The summed E-state index contributed by atoms with van der Waals surface area (Å²) in [5.41, 5.74) is 0.981. The van der Waals surface area contributed by atoms with Crippen LogP contribution in [0.4, 0.5) is 5.82 Å². The quantitative estimate of drug-likeness (QED) is 0.869. The van der Waals surface area contributed by atoms with Crippen molar-refractivity contribution in [2.45, 2.75) is 44.8 Å². The van der Waals surface area contributed by atoms with E-state index in [1.165, 1.54) is 11.5 Å². The van der Waals surface area contributed by atoms with E-state index in [1.807, 2.05) is 6.92 Å². The molecule has 0 aromatic carbocycles. The van der Waals surface area contributed by atoms with Gasteiger partial charge in [-0.1, -0.05) is 0 Å². The highest BCUT2D eigenvalue weighted by Gasteiger charge is 2.20. The molecule has 1 aliphatic rings. The van der Waals surface area contributed by atoms with E-state index in [-0.39, 0.29) is 6.10 Å². The summed E-state index contributed by atoms with van der Waals surface area (Å²) >= 11 is 1.41. The third kappa shape index (κ3) is 2.18. The first-order valence-corrected chi connectivity index (χ1v) is 7.03. The minimum Gasteiger partial charge on any atom is -0.393 e. The van der Waals surface area contributed by atoms with Crippen molar-refractivity contribution in [1.29, 1.82) is 0 Å². The normalized spacial score (nSPS) is 24.3. The Morgan fingerprint density at radius 3 is 2.83 bits per heavy atom. The predicted molar refractivity (Wildman–Crippen MR) is 71.8 cm³/mol. The molecule has 2 N–H and O–H groups in total. The fourth-order valence-electron chi connectivity index (χ4n) is 2.45. The number of anilines is 1. The van der Waals surface area contributed by atoms with Crippen LogP contribution in [-0.4, -0.2) is 31.6 Å². The van der Waals surface area contributed by atoms with Gasteiger partial charge in [-0.2, -0.15) is 4.37 Å². The zero-order valence-corrected chi connectivity index (χ0v) is 11.1. The summed E-state index contributed by atoms with van der Waals surface area (Å²) in [6.07, 6.45) is 5.17. The predicted octanol–water partition coefficient (Wildman–Crippen LogP) is 2.11. The Morgan fingerprint density at radius 1 is 1.28 bits per heavy atom. The van der Waals surface area contributed by atoms with Crippen LogP contribution in [0.25, 0.3) is 10.2 Å². The van der Waals surface area contributed by atoms with Gasteiger partial charge in [0.15, 0.2) is 0 Å². The number of hydrogen-bond donors (Lipinski definition) is 2. The van der Waals surface area contributed by atoms with Crippen molar-refractivity contribution in [3.63, 3.8) is 0 Å². The number of rotatable bonds is 2. The van der Waals surface area contributed by atoms with E-state index in [4.69, 9.17) is 0 Å². The largest absolute Gasteiger partial charge is 0.393 e. The van der Waals surface area contributed by atoms with Crippen molar-refractivity contribution >= 4 is 27.6 Å². The Hall–Kier alpha value is -1.27. The molecule has 6 heteroatoms. The van der Waals surface area contributed by atoms with Crippen molar-refractivity contribution in [3.05, 3.63) is 12.0 Å². The van der Waals surface area contributed by atoms with Crippen molar-refractivity contribution in [3.8, 4) is 0 Å². The minimum atomic E-state index is -0.127. The summed E-state index contributed by atoms with van der Waals surface area (Å²) in [5, 5.41) is 14.0. The van der Waals surface area contributed by atoms with Gasteiger partial charge in [-0.15, -0.1) is 0 Å². The maximum absolute atomic E-state index is 9.51. The van der Waals surface area contributed by atoms with Crippen LogP contribution in [0.5, 0.6) is 0 Å². The second kappa shape index (κ2) is 4.78. The molecule has 0 atom stereocenters. The SMILES string of the molecule is Cc1nsc2ncnc(NC3CCC(O)CC3)c12. The van der Waals surface area contributed by atoms with Crippen LogP contribution in [0.1, 0.15) is 31.4 Å². The minimum absolute atomic E-state index is 0.127. The number of aliphatic hydroxyl groups excluding tert-OH is 1. The molecule has 0 unspecified atom stereocenters. The van der Waals surface area contributed by atoms with Gasteiger partial charge in [0, 0.05) is 6.04 Å². The molecule has 0 bridgehead atoms. The van der Waals surface area contributed by atoms with Gasteiger partial charge in [-0.25, -0.2) is 9.97 Å². The number of aryl methyl sites for hydroxylation is 1. The highest BCUT2D eigenvalue weighted by molar-refractivity contribution is 7.13. The fourth-order valence-corrected chi connectivity index (χ4v) is 3.19. The lowest BCUT2D eigenvalue weighted by molar-refractivity contribution is 0.126. The van der Waals surface area contributed by atoms with E-state index in [0.717, 1.165) is 47.4 Å². The van der Waals surface area contributed by atoms with Crippen molar-refractivity contribution in [2.75, 3.05) is 5.32 Å². The smallest absolute Gasteiger partial charge is 0.149 e. The standard InChI is InChI=1S/C12H16N4OS/c1-7-10-11(13-6-14-12(10)18-16-7)15-8-2-4-9(17)5-3-8/h6,8-9,17H,2-5H2,1H3,(H,13,14,15). The number of aromatic nitrogens is 3. The number of fused-ring (bicyclic) bond motifs is 1. The third-order valence-corrected chi connectivity index (χ3v) is 4.33. The lowest BCUT2D eigenvalue weighted by Crippen LogP contribution is -2.28. The average Bonchev–Trinajstić information content (AvgIpc) is 2.75. The molecule has 2 aromatic rings. The summed E-state index contributed by atoms with van der Waals surface area (Å²) < 4.78 is 4.32. The maximum Gasteiger partial charge on any atom is 0.149 e. The molecule has 1 saturated carbocycles. The van der Waals surface area contributed by atoms with Crippen LogP contribution in [-0.2, 0) is 0 Å². The van der Waals surface area contributed by atoms with E-state index >= 15 is 0 Å². The summed E-state index contributed by atoms with van der Waals surface area (Å²) in [6.45, 7) is 1.98. The van der Waals surface area contributed by atoms with Crippen LogP contribution in [0, 0.1) is 6.92 Å². The molecular weight excluding hydrogens is 248 g/mol. The average molecular weight is 264 g/mol. The third-order valence-electron chi connectivity index (χ3n) is 3.48. The molecule has 18 heavy (non-hydrogen) atoms. The first-order chi connectivity index (χ1) is 8.74. The van der Waals surface area contributed by atoms with Crippen molar-refractivity contribution in [1.82, 2.24) is 14.3 Å². The molecule has 1 aliphatic carbocycles. The Bertz CT molecular complexity index is 548. The Balaban J connectivity index is 1.84. The number of aliphatic hydroxyl groups is 1. The summed E-state index contributed by atoms with van der Waals surface area (Å²) in [4.78, 5) is 9.50. The molecule has 5 nitrogen and oxygen atoms in total. The van der Waals surface area contributed by atoms with Crippen LogP contribution < -0.4 is 5.32 Å². The van der Waals surface area contributed by atoms with Gasteiger partial charge < -0.3 is 10.4 Å². The number of hydrogen-bond acceptors (Lipinski definition) is 6. The Kier molecular flexibility index (Phi) is 3.13. The molecular formula is C12H16N4OS. The maximum atomic E-state index is 9.51. The van der Waals surface area contributed by atoms with Gasteiger partial charge in [-0.05, 0) is 44.1 Å². The second-order valence-corrected chi connectivity index (χ2v) is 5.57. The van der Waals surface area contributed by atoms with Crippen molar-refractivity contribution < 1.29 is 5.11 Å². The lowest BCUT2D eigenvalue weighted by Gasteiger charge is -2.26. The van der Waals surface area contributed by atoms with Crippen LogP contribution in [0.3, 0.4) is 0 Å². The molecule has 96 valence electrons. The van der Waals surface area contributed by atoms with Crippen LogP contribution >= 0.6 is 11.5 Å². The number of nitrogens with one attached hydrogen (secondary N) is 1. The van der Waals surface area contributed by atoms with Gasteiger partial charge in [0.05, 0.1) is 17.2 Å². The van der Waals surface area contributed by atoms with Gasteiger partial charge in [0.25, 0.3) is 0 Å². The first-order valence-electron chi connectivity index (χ1n) is 6.25. The molecule has 0 aliphatic heterocycles.